The van der Waals surface area contributed by atoms with Gasteiger partial charge in [-0.3, -0.25) is 4.79 Å². The Kier molecular flexibility index (Phi) is 5.28. The zero-order valence-corrected chi connectivity index (χ0v) is 15.1. The normalized spacial score (nSPS) is 15.4. The van der Waals surface area contributed by atoms with Crippen LogP contribution in [-0.2, 0) is 0 Å². The van der Waals surface area contributed by atoms with Crippen molar-refractivity contribution < 1.29 is 4.79 Å². The number of rotatable bonds is 4. The third kappa shape index (κ3) is 4.14. The maximum Gasteiger partial charge on any atom is 0.274 e. The first-order valence-electron chi connectivity index (χ1n) is 8.72. The highest BCUT2D eigenvalue weighted by Crippen LogP contribution is 2.26. The topological polar surface area (TPSA) is 61.4 Å². The summed E-state index contributed by atoms with van der Waals surface area (Å²) < 4.78 is 0. The Morgan fingerprint density at radius 3 is 2.40 bits per heavy atom. The monoisotopic (exact) mass is 339 g/mol. The van der Waals surface area contributed by atoms with Crippen molar-refractivity contribution in [1.82, 2.24) is 20.0 Å². The molecule has 6 nitrogen and oxygen atoms in total. The van der Waals surface area contributed by atoms with Gasteiger partial charge in [0.1, 0.15) is 0 Å². The van der Waals surface area contributed by atoms with Crippen molar-refractivity contribution in [3.8, 4) is 0 Å². The Labute approximate surface area is 148 Å². The highest BCUT2D eigenvalue weighted by atomic mass is 16.2. The molecule has 0 saturated carbocycles. The number of nitrogens with one attached hydrogen (secondary N) is 1. The van der Waals surface area contributed by atoms with Crippen molar-refractivity contribution in [2.45, 2.75) is 19.8 Å². The fraction of sp³-hybridized carbons (Fsp3) is 0.421. The molecule has 1 aromatic carbocycles. The van der Waals surface area contributed by atoms with Crippen LogP contribution in [0.2, 0.25) is 0 Å². The van der Waals surface area contributed by atoms with Gasteiger partial charge in [-0.15, -0.1) is 10.2 Å². The van der Waals surface area contributed by atoms with Gasteiger partial charge in [0, 0.05) is 31.9 Å². The van der Waals surface area contributed by atoms with E-state index in [-0.39, 0.29) is 5.91 Å². The van der Waals surface area contributed by atoms with Crippen LogP contribution < -0.4 is 5.32 Å². The van der Waals surface area contributed by atoms with Gasteiger partial charge in [-0.1, -0.05) is 32.0 Å². The Bertz CT molecular complexity index is 721. The lowest BCUT2D eigenvalue weighted by molar-refractivity contribution is 0.0657. The molecule has 6 heteroatoms. The van der Waals surface area contributed by atoms with Crippen molar-refractivity contribution in [1.29, 1.82) is 0 Å². The van der Waals surface area contributed by atoms with Gasteiger partial charge in [0.25, 0.3) is 5.91 Å². The van der Waals surface area contributed by atoms with Gasteiger partial charge in [0.05, 0.1) is 0 Å². The van der Waals surface area contributed by atoms with E-state index in [0.29, 0.717) is 17.4 Å². The van der Waals surface area contributed by atoms with Gasteiger partial charge in [-0.25, -0.2) is 0 Å². The number of piperazine rings is 1. The zero-order valence-electron chi connectivity index (χ0n) is 15.1. The number of nitrogens with zero attached hydrogens (tertiary/aromatic N) is 4. The van der Waals surface area contributed by atoms with Crippen molar-refractivity contribution >= 4 is 17.4 Å². The first-order chi connectivity index (χ1) is 12.0. The molecule has 132 valence electrons. The lowest BCUT2D eigenvalue weighted by atomic mass is 10.0. The van der Waals surface area contributed by atoms with Gasteiger partial charge in [-0.2, -0.15) is 0 Å². The van der Waals surface area contributed by atoms with Crippen LogP contribution in [0, 0.1) is 0 Å². The molecule has 2 heterocycles. The standard InChI is InChI=1S/C19H25N5O/c1-14(2)15-6-4-5-7-16(15)20-18-9-8-17(21-22-18)19(25)24-12-10-23(3)11-13-24/h4-9,14H,10-13H2,1-3H3,(H,20,22). The molecule has 0 bridgehead atoms. The van der Waals surface area contributed by atoms with E-state index in [2.05, 4.69) is 47.4 Å². The summed E-state index contributed by atoms with van der Waals surface area (Å²) in [6, 6.07) is 11.7. The Hall–Kier alpha value is -2.47. The first-order valence-corrected chi connectivity index (χ1v) is 8.72. The molecule has 2 aromatic rings. The average Bonchev–Trinajstić information content (AvgIpc) is 2.63. The Balaban J connectivity index is 1.69. The number of hydrogen-bond donors (Lipinski definition) is 1. The maximum atomic E-state index is 12.5. The minimum atomic E-state index is -0.0465. The molecule has 1 aliphatic rings. The van der Waals surface area contributed by atoms with E-state index in [9.17, 15) is 4.79 Å². The van der Waals surface area contributed by atoms with E-state index >= 15 is 0 Å². The second-order valence-electron chi connectivity index (χ2n) is 6.77. The van der Waals surface area contributed by atoms with Crippen molar-refractivity contribution in [3.05, 3.63) is 47.7 Å². The Morgan fingerprint density at radius 1 is 1.04 bits per heavy atom. The van der Waals surface area contributed by atoms with Gasteiger partial charge >= 0.3 is 0 Å². The van der Waals surface area contributed by atoms with E-state index in [1.807, 2.05) is 29.2 Å². The van der Waals surface area contributed by atoms with E-state index in [1.165, 1.54) is 5.56 Å². The van der Waals surface area contributed by atoms with Gasteiger partial charge in [0.15, 0.2) is 11.5 Å². The van der Waals surface area contributed by atoms with Gasteiger partial charge < -0.3 is 15.1 Å². The minimum Gasteiger partial charge on any atom is -0.338 e. The van der Waals surface area contributed by atoms with Crippen LogP contribution >= 0.6 is 0 Å². The fourth-order valence-electron chi connectivity index (χ4n) is 2.94. The maximum absolute atomic E-state index is 12.5. The number of benzene rings is 1. The second kappa shape index (κ2) is 7.61. The molecule has 1 N–H and O–H groups in total. The molecule has 1 fully saturated rings. The molecule has 25 heavy (non-hydrogen) atoms. The number of anilines is 2. The predicted molar refractivity (Wildman–Crippen MR) is 99.2 cm³/mol. The molecule has 1 aromatic heterocycles. The van der Waals surface area contributed by atoms with Gasteiger partial charge in [-0.05, 0) is 36.7 Å². The van der Waals surface area contributed by atoms with Crippen LogP contribution in [0.5, 0.6) is 0 Å². The van der Waals surface area contributed by atoms with Crippen LogP contribution in [0.4, 0.5) is 11.5 Å². The lowest BCUT2D eigenvalue weighted by Crippen LogP contribution is -2.47. The van der Waals surface area contributed by atoms with Gasteiger partial charge in [0.2, 0.25) is 0 Å². The number of para-hydroxylation sites is 1. The third-order valence-electron chi connectivity index (χ3n) is 4.52. The first kappa shape index (κ1) is 17.4. The molecule has 0 spiro atoms. The minimum absolute atomic E-state index is 0.0465. The SMILES string of the molecule is CC(C)c1ccccc1Nc1ccc(C(=O)N2CCN(C)CC2)nn1. The van der Waals surface area contributed by atoms with Crippen LogP contribution in [0.25, 0.3) is 0 Å². The molecule has 1 aliphatic heterocycles. The molecule has 0 atom stereocenters. The smallest absolute Gasteiger partial charge is 0.274 e. The molecular formula is C19H25N5O. The van der Waals surface area contributed by atoms with Crippen molar-refractivity contribution in [3.63, 3.8) is 0 Å². The van der Waals surface area contributed by atoms with E-state index in [0.717, 1.165) is 31.9 Å². The molecule has 1 amide bonds. The molecule has 0 aliphatic carbocycles. The summed E-state index contributed by atoms with van der Waals surface area (Å²) >= 11 is 0. The lowest BCUT2D eigenvalue weighted by Gasteiger charge is -2.32. The van der Waals surface area contributed by atoms with Crippen LogP contribution in [0.3, 0.4) is 0 Å². The Morgan fingerprint density at radius 2 is 1.76 bits per heavy atom. The fourth-order valence-corrected chi connectivity index (χ4v) is 2.94. The summed E-state index contributed by atoms with van der Waals surface area (Å²) in [5.41, 5.74) is 2.64. The van der Waals surface area contributed by atoms with Crippen molar-refractivity contribution in [2.24, 2.45) is 0 Å². The highest BCUT2D eigenvalue weighted by Gasteiger charge is 2.21. The number of likely N-dealkylation sites (N-methyl/N-ethyl adjacent to an activating group) is 1. The van der Waals surface area contributed by atoms with Crippen molar-refractivity contribution in [2.75, 3.05) is 38.5 Å². The highest BCUT2D eigenvalue weighted by molar-refractivity contribution is 5.92. The quantitative estimate of drug-likeness (QED) is 0.928. The van der Waals surface area contributed by atoms with E-state index in [4.69, 9.17) is 0 Å². The number of amides is 1. The molecule has 1 saturated heterocycles. The number of aromatic nitrogens is 2. The zero-order chi connectivity index (χ0) is 17.8. The summed E-state index contributed by atoms with van der Waals surface area (Å²) in [5, 5.41) is 11.6. The summed E-state index contributed by atoms with van der Waals surface area (Å²) in [6.45, 7) is 7.57. The molecule has 0 radical (unpaired) electrons. The average molecular weight is 339 g/mol. The number of hydrogen-bond acceptors (Lipinski definition) is 5. The summed E-state index contributed by atoms with van der Waals surface area (Å²) in [6.07, 6.45) is 0. The number of carbonyl (C=O) groups excluding carboxylic acids is 1. The van der Waals surface area contributed by atoms with E-state index in [1.54, 1.807) is 6.07 Å². The second-order valence-corrected chi connectivity index (χ2v) is 6.77. The summed E-state index contributed by atoms with van der Waals surface area (Å²) in [4.78, 5) is 16.6. The predicted octanol–water partition coefficient (Wildman–Crippen LogP) is 2.73. The van der Waals surface area contributed by atoms with Crippen LogP contribution in [0.1, 0.15) is 35.8 Å². The summed E-state index contributed by atoms with van der Waals surface area (Å²) in [5.74, 6) is 1.01. The molecule has 3 rings (SSSR count). The molecule has 0 unspecified atom stereocenters. The van der Waals surface area contributed by atoms with E-state index < -0.39 is 0 Å². The van der Waals surface area contributed by atoms with Crippen LogP contribution in [-0.4, -0.2) is 59.1 Å². The third-order valence-corrected chi connectivity index (χ3v) is 4.52. The van der Waals surface area contributed by atoms with Crippen LogP contribution in [0.15, 0.2) is 36.4 Å². The molecular weight excluding hydrogens is 314 g/mol. The summed E-state index contributed by atoms with van der Waals surface area (Å²) in [7, 11) is 2.07. The largest absolute Gasteiger partial charge is 0.338 e. The number of carbonyl (C=O) groups is 1.